The van der Waals surface area contributed by atoms with E-state index in [-0.39, 0.29) is 18.3 Å². The Morgan fingerprint density at radius 3 is 2.47 bits per heavy atom. The van der Waals surface area contributed by atoms with Gasteiger partial charge in [-0.05, 0) is 64.2 Å². The first-order valence-electron chi connectivity index (χ1n) is 10.7. The van der Waals surface area contributed by atoms with Crippen LogP contribution in [0.25, 0.3) is 0 Å². The zero-order chi connectivity index (χ0) is 21.3. The van der Waals surface area contributed by atoms with Crippen molar-refractivity contribution in [3.63, 3.8) is 0 Å². The molecule has 1 saturated heterocycles. The summed E-state index contributed by atoms with van der Waals surface area (Å²) < 4.78 is 7.61. The van der Waals surface area contributed by atoms with Crippen molar-refractivity contribution >= 4 is 17.7 Å². The Morgan fingerprint density at radius 2 is 1.77 bits per heavy atom. The zero-order valence-electron chi connectivity index (χ0n) is 17.6. The molecule has 2 fully saturated rings. The van der Waals surface area contributed by atoms with Gasteiger partial charge in [-0.2, -0.15) is 0 Å². The largest absolute Gasteiger partial charge is 0.456 e. The van der Waals surface area contributed by atoms with Gasteiger partial charge in [0.1, 0.15) is 6.04 Å². The summed E-state index contributed by atoms with van der Waals surface area (Å²) in [5.41, 5.74) is 3.18. The van der Waals surface area contributed by atoms with Crippen LogP contribution in [0.1, 0.15) is 70.2 Å². The lowest BCUT2D eigenvalue weighted by atomic mass is 10.0. The van der Waals surface area contributed by atoms with Gasteiger partial charge >= 0.3 is 5.97 Å². The minimum Gasteiger partial charge on any atom is -0.456 e. The van der Waals surface area contributed by atoms with Crippen molar-refractivity contribution < 1.29 is 19.1 Å². The lowest BCUT2D eigenvalue weighted by Crippen LogP contribution is -2.48. The number of hydrogen-bond acceptors (Lipinski definition) is 4. The Bertz CT molecular complexity index is 959. The number of aryl methyl sites for hydroxylation is 1. The van der Waals surface area contributed by atoms with E-state index in [2.05, 4.69) is 4.57 Å². The van der Waals surface area contributed by atoms with E-state index in [1.165, 1.54) is 0 Å². The smallest absolute Gasteiger partial charge is 0.329 e. The van der Waals surface area contributed by atoms with E-state index in [4.69, 9.17) is 4.74 Å². The molecule has 1 aromatic carbocycles. The van der Waals surface area contributed by atoms with E-state index < -0.39 is 12.0 Å². The Kier molecular flexibility index (Phi) is 5.75. The standard InChI is InChI=1S/C24H28N2O4/c1-16-14-20(17(2)26(16)19-11-12-19)22(27)15-30-24(29)21-10-6-7-13-25(21)23(28)18-8-4-3-5-9-18/h3-5,8-9,14,19,21H,6-7,10-13,15H2,1-2H3/t21-/m1/s1. The minimum absolute atomic E-state index is 0.170. The number of rotatable bonds is 6. The maximum atomic E-state index is 12.9. The lowest BCUT2D eigenvalue weighted by Gasteiger charge is -2.34. The molecule has 2 heterocycles. The van der Waals surface area contributed by atoms with Gasteiger partial charge in [-0.15, -0.1) is 0 Å². The first kappa shape index (κ1) is 20.4. The fraction of sp³-hybridized carbons (Fsp3) is 0.458. The second kappa shape index (κ2) is 8.46. The van der Waals surface area contributed by atoms with Crippen LogP contribution < -0.4 is 0 Å². The number of ketones is 1. The normalized spacial score (nSPS) is 18.9. The number of ether oxygens (including phenoxy) is 1. The Hall–Kier alpha value is -2.89. The predicted molar refractivity (Wildman–Crippen MR) is 113 cm³/mol. The van der Waals surface area contributed by atoms with Crippen LogP contribution in [0, 0.1) is 13.8 Å². The topological polar surface area (TPSA) is 68.6 Å². The molecule has 1 saturated carbocycles. The second-order valence-corrected chi connectivity index (χ2v) is 8.29. The van der Waals surface area contributed by atoms with Crippen molar-refractivity contribution in [2.24, 2.45) is 0 Å². The van der Waals surface area contributed by atoms with Crippen molar-refractivity contribution in [2.45, 2.75) is 58.0 Å². The number of likely N-dealkylation sites (tertiary alicyclic amines) is 1. The van der Waals surface area contributed by atoms with Gasteiger partial charge in [0.2, 0.25) is 5.78 Å². The summed E-state index contributed by atoms with van der Waals surface area (Å²) >= 11 is 0. The van der Waals surface area contributed by atoms with Gasteiger partial charge in [-0.25, -0.2) is 4.79 Å². The molecule has 1 aromatic heterocycles. The summed E-state index contributed by atoms with van der Waals surface area (Å²) in [6.45, 7) is 4.17. The van der Waals surface area contributed by atoms with Crippen LogP contribution in [0.4, 0.5) is 0 Å². The van der Waals surface area contributed by atoms with Crippen molar-refractivity contribution in [1.82, 2.24) is 9.47 Å². The quantitative estimate of drug-likeness (QED) is 0.538. The molecular weight excluding hydrogens is 380 g/mol. The molecule has 2 aliphatic rings. The van der Waals surface area contributed by atoms with Crippen LogP contribution in [0.5, 0.6) is 0 Å². The summed E-state index contributed by atoms with van der Waals surface area (Å²) in [6.07, 6.45) is 4.56. The minimum atomic E-state index is -0.641. The van der Waals surface area contributed by atoms with Crippen molar-refractivity contribution in [1.29, 1.82) is 0 Å². The number of Topliss-reactive ketones (excluding diaryl/α,β-unsaturated/α-hetero) is 1. The molecule has 30 heavy (non-hydrogen) atoms. The van der Waals surface area contributed by atoms with Crippen LogP contribution in [-0.2, 0) is 9.53 Å². The summed E-state index contributed by atoms with van der Waals surface area (Å²) in [6, 6.07) is 10.7. The van der Waals surface area contributed by atoms with Gasteiger partial charge in [0.25, 0.3) is 5.91 Å². The Balaban J connectivity index is 1.42. The van der Waals surface area contributed by atoms with E-state index in [9.17, 15) is 14.4 Å². The van der Waals surface area contributed by atoms with Crippen molar-refractivity contribution in [3.8, 4) is 0 Å². The number of carbonyl (C=O) groups excluding carboxylic acids is 3. The van der Waals surface area contributed by atoms with Crippen LogP contribution >= 0.6 is 0 Å². The predicted octanol–water partition coefficient (Wildman–Crippen LogP) is 3.86. The molecule has 0 bridgehead atoms. The van der Waals surface area contributed by atoms with Crippen LogP contribution in [0.3, 0.4) is 0 Å². The number of carbonyl (C=O) groups is 3. The highest BCUT2D eigenvalue weighted by atomic mass is 16.5. The van der Waals surface area contributed by atoms with Gasteiger partial charge < -0.3 is 14.2 Å². The molecule has 1 amide bonds. The van der Waals surface area contributed by atoms with Gasteiger partial charge in [0, 0.05) is 35.1 Å². The summed E-state index contributed by atoms with van der Waals surface area (Å²) in [5.74, 6) is -0.861. The molecule has 2 aromatic rings. The number of benzene rings is 1. The highest BCUT2D eigenvalue weighted by Gasteiger charge is 2.34. The van der Waals surface area contributed by atoms with Crippen molar-refractivity contribution in [3.05, 3.63) is 58.9 Å². The third-order valence-corrected chi connectivity index (χ3v) is 6.10. The fourth-order valence-corrected chi connectivity index (χ4v) is 4.43. The third-order valence-electron chi connectivity index (χ3n) is 6.10. The molecule has 6 heteroatoms. The maximum Gasteiger partial charge on any atom is 0.329 e. The molecule has 158 valence electrons. The molecule has 1 atom stereocenters. The summed E-state index contributed by atoms with van der Waals surface area (Å²) in [4.78, 5) is 40.0. The number of piperidine rings is 1. The maximum absolute atomic E-state index is 12.9. The molecule has 1 aliphatic heterocycles. The van der Waals surface area contributed by atoms with Crippen LogP contribution in [0.2, 0.25) is 0 Å². The third kappa shape index (κ3) is 4.04. The van der Waals surface area contributed by atoms with Gasteiger partial charge in [0.15, 0.2) is 6.61 Å². The van der Waals surface area contributed by atoms with E-state index >= 15 is 0 Å². The van der Waals surface area contributed by atoms with E-state index in [1.807, 2.05) is 26.0 Å². The number of aromatic nitrogens is 1. The number of hydrogen-bond donors (Lipinski definition) is 0. The first-order chi connectivity index (χ1) is 14.5. The highest BCUT2D eigenvalue weighted by Crippen LogP contribution is 2.38. The SMILES string of the molecule is Cc1cc(C(=O)COC(=O)[C@H]2CCCCN2C(=O)c2ccccc2)c(C)n1C1CC1. The molecular formula is C24H28N2O4. The van der Waals surface area contributed by atoms with Gasteiger partial charge in [-0.3, -0.25) is 9.59 Å². The lowest BCUT2D eigenvalue weighted by molar-refractivity contribution is -0.149. The van der Waals surface area contributed by atoms with E-state index in [0.29, 0.717) is 30.1 Å². The van der Waals surface area contributed by atoms with E-state index in [0.717, 1.165) is 37.1 Å². The number of amides is 1. The molecule has 0 radical (unpaired) electrons. The molecule has 0 N–H and O–H groups in total. The molecule has 0 unspecified atom stereocenters. The van der Waals surface area contributed by atoms with Gasteiger partial charge in [0.05, 0.1) is 0 Å². The van der Waals surface area contributed by atoms with Crippen LogP contribution in [0.15, 0.2) is 36.4 Å². The fourth-order valence-electron chi connectivity index (χ4n) is 4.43. The van der Waals surface area contributed by atoms with Crippen LogP contribution in [-0.4, -0.2) is 46.3 Å². The van der Waals surface area contributed by atoms with E-state index in [1.54, 1.807) is 29.2 Å². The molecule has 6 nitrogen and oxygen atoms in total. The zero-order valence-corrected chi connectivity index (χ0v) is 17.6. The summed E-state index contributed by atoms with van der Waals surface area (Å²) in [7, 11) is 0. The highest BCUT2D eigenvalue weighted by molar-refractivity contribution is 6.00. The summed E-state index contributed by atoms with van der Waals surface area (Å²) in [5, 5.41) is 0. The monoisotopic (exact) mass is 408 g/mol. The first-order valence-corrected chi connectivity index (χ1v) is 10.7. The average Bonchev–Trinajstić information content (AvgIpc) is 3.56. The second-order valence-electron chi connectivity index (χ2n) is 8.29. The molecule has 0 spiro atoms. The molecule has 1 aliphatic carbocycles. The van der Waals surface area contributed by atoms with Gasteiger partial charge in [-0.1, -0.05) is 18.2 Å². The van der Waals surface area contributed by atoms with Crippen molar-refractivity contribution in [2.75, 3.05) is 13.2 Å². The Labute approximate surface area is 176 Å². The number of nitrogens with zero attached hydrogens (tertiary/aromatic N) is 2. The average molecular weight is 408 g/mol. The molecule has 4 rings (SSSR count). The Morgan fingerprint density at radius 1 is 1.03 bits per heavy atom. The number of esters is 1.